The second kappa shape index (κ2) is 17.6. The number of esters is 1. The van der Waals surface area contributed by atoms with Gasteiger partial charge in [-0.1, -0.05) is 84.0 Å². The van der Waals surface area contributed by atoms with E-state index in [-0.39, 0.29) is 17.2 Å². The van der Waals surface area contributed by atoms with E-state index in [2.05, 4.69) is 6.92 Å². The second-order valence-corrected chi connectivity index (χ2v) is 8.13. The zero-order chi connectivity index (χ0) is 22.7. The molecule has 0 aliphatic heterocycles. The maximum atomic E-state index is 11.4. The zero-order valence-electron chi connectivity index (χ0n) is 19.5. The van der Waals surface area contributed by atoms with Gasteiger partial charge in [0.1, 0.15) is 5.75 Å². The van der Waals surface area contributed by atoms with Crippen LogP contribution in [0.1, 0.15) is 103 Å². The summed E-state index contributed by atoms with van der Waals surface area (Å²) < 4.78 is 10.3. The van der Waals surface area contributed by atoms with Crippen LogP contribution >= 0.6 is 0 Å². The Labute approximate surface area is 187 Å². The van der Waals surface area contributed by atoms with Crippen molar-refractivity contribution in [2.45, 2.75) is 104 Å². The van der Waals surface area contributed by atoms with E-state index in [1.807, 2.05) is 0 Å². The second-order valence-electron chi connectivity index (χ2n) is 8.13. The van der Waals surface area contributed by atoms with Gasteiger partial charge in [-0.3, -0.25) is 10.1 Å². The van der Waals surface area contributed by atoms with Crippen LogP contribution in [0.25, 0.3) is 0 Å². The summed E-state index contributed by atoms with van der Waals surface area (Å²) in [6.45, 7) is 4.09. The molecule has 0 heterocycles. The van der Waals surface area contributed by atoms with Crippen LogP contribution in [0.4, 0.5) is 5.69 Å². The number of carbonyl (C=O) groups excluding carboxylic acids is 1. The average molecular weight is 436 g/mol. The maximum Gasteiger partial charge on any atom is 0.344 e. The topological polar surface area (TPSA) is 78.7 Å². The number of aryl methyl sites for hydroxylation is 1. The van der Waals surface area contributed by atoms with Gasteiger partial charge in [0.15, 0.2) is 6.61 Å². The van der Waals surface area contributed by atoms with Crippen LogP contribution in [0.15, 0.2) is 18.2 Å². The Balaban J connectivity index is 2.23. The van der Waals surface area contributed by atoms with Crippen LogP contribution in [0.5, 0.6) is 5.75 Å². The molecular formula is C25H41NO5. The van der Waals surface area contributed by atoms with E-state index in [1.165, 1.54) is 82.8 Å². The monoisotopic (exact) mass is 435 g/mol. The van der Waals surface area contributed by atoms with Crippen molar-refractivity contribution in [3.8, 4) is 5.75 Å². The number of ether oxygens (including phenoxy) is 2. The molecule has 0 fully saturated rings. The lowest BCUT2D eigenvalue weighted by molar-refractivity contribution is -0.385. The molecule has 0 saturated heterocycles. The zero-order valence-corrected chi connectivity index (χ0v) is 19.5. The van der Waals surface area contributed by atoms with Crippen molar-refractivity contribution in [1.29, 1.82) is 0 Å². The third-order valence-electron chi connectivity index (χ3n) is 5.46. The Hall–Kier alpha value is -2.11. The Morgan fingerprint density at radius 2 is 1.42 bits per heavy atom. The summed E-state index contributed by atoms with van der Waals surface area (Å²) in [5, 5.41) is 11.3. The summed E-state index contributed by atoms with van der Waals surface area (Å²) in [6, 6.07) is 4.67. The summed E-state index contributed by atoms with van der Waals surface area (Å²) in [5.41, 5.74) is 0.775. The van der Waals surface area contributed by atoms with Crippen LogP contribution in [0.2, 0.25) is 0 Å². The predicted molar refractivity (Wildman–Crippen MR) is 125 cm³/mol. The lowest BCUT2D eigenvalue weighted by Crippen LogP contribution is -2.14. The quantitative estimate of drug-likeness (QED) is 0.0996. The molecule has 6 nitrogen and oxygen atoms in total. The first-order chi connectivity index (χ1) is 15.1. The molecule has 176 valence electrons. The van der Waals surface area contributed by atoms with Crippen LogP contribution in [0, 0.1) is 10.1 Å². The van der Waals surface area contributed by atoms with Gasteiger partial charge in [-0.2, -0.15) is 0 Å². The summed E-state index contributed by atoms with van der Waals surface area (Å²) in [6.07, 6.45) is 17.2. The molecule has 0 saturated carbocycles. The molecule has 1 aromatic rings. The van der Waals surface area contributed by atoms with Gasteiger partial charge in [-0.15, -0.1) is 0 Å². The number of hydrogen-bond acceptors (Lipinski definition) is 5. The van der Waals surface area contributed by atoms with Crippen molar-refractivity contribution < 1.29 is 19.2 Å². The van der Waals surface area contributed by atoms with E-state index >= 15 is 0 Å². The lowest BCUT2D eigenvalue weighted by Gasteiger charge is -2.09. The Morgan fingerprint density at radius 3 is 1.94 bits per heavy atom. The number of carbonyl (C=O) groups is 1. The first-order valence-electron chi connectivity index (χ1n) is 12.1. The molecule has 0 bridgehead atoms. The fraction of sp³-hybridized carbons (Fsp3) is 0.720. The van der Waals surface area contributed by atoms with Crippen LogP contribution in [-0.4, -0.2) is 24.1 Å². The number of unbranched alkanes of at least 4 members (excludes halogenated alkanes) is 12. The van der Waals surface area contributed by atoms with Gasteiger partial charge in [0.2, 0.25) is 0 Å². The minimum atomic E-state index is -0.445. The molecule has 0 aliphatic rings. The average Bonchev–Trinajstić information content (AvgIpc) is 2.75. The highest BCUT2D eigenvalue weighted by molar-refractivity contribution is 5.71. The van der Waals surface area contributed by atoms with Gasteiger partial charge in [0.25, 0.3) is 5.69 Å². The van der Waals surface area contributed by atoms with Crippen LogP contribution < -0.4 is 4.74 Å². The smallest absolute Gasteiger partial charge is 0.344 e. The Morgan fingerprint density at radius 1 is 0.871 bits per heavy atom. The molecule has 0 unspecified atom stereocenters. The van der Waals surface area contributed by atoms with Crippen molar-refractivity contribution >= 4 is 11.7 Å². The van der Waals surface area contributed by atoms with E-state index in [0.717, 1.165) is 12.8 Å². The van der Waals surface area contributed by atoms with E-state index in [0.29, 0.717) is 24.3 Å². The normalized spacial score (nSPS) is 10.8. The van der Waals surface area contributed by atoms with Crippen molar-refractivity contribution in [2.75, 3.05) is 13.2 Å². The standard InChI is InChI=1S/C25H41NO5/c1-3-5-6-7-8-9-10-11-12-13-14-15-16-17-22-20-23(18-19-24(22)26(28)29)31-21-25(27)30-4-2/h18-20H,3-17,21H2,1-2H3. The molecule has 0 spiro atoms. The highest BCUT2D eigenvalue weighted by Gasteiger charge is 2.15. The summed E-state index contributed by atoms with van der Waals surface area (Å²) in [4.78, 5) is 22.4. The molecule has 31 heavy (non-hydrogen) atoms. The first-order valence-corrected chi connectivity index (χ1v) is 12.1. The van der Waals surface area contributed by atoms with Gasteiger partial charge in [0.05, 0.1) is 11.5 Å². The molecule has 0 amide bonds. The van der Waals surface area contributed by atoms with E-state index in [9.17, 15) is 14.9 Å². The highest BCUT2D eigenvalue weighted by Crippen LogP contribution is 2.26. The van der Waals surface area contributed by atoms with Gasteiger partial charge < -0.3 is 9.47 Å². The van der Waals surface area contributed by atoms with E-state index in [4.69, 9.17) is 9.47 Å². The molecule has 6 heteroatoms. The molecule has 0 N–H and O–H groups in total. The molecule has 1 rings (SSSR count). The van der Waals surface area contributed by atoms with E-state index < -0.39 is 5.97 Å². The van der Waals surface area contributed by atoms with Crippen molar-refractivity contribution in [2.24, 2.45) is 0 Å². The van der Waals surface area contributed by atoms with Gasteiger partial charge in [-0.05, 0) is 31.9 Å². The first kappa shape index (κ1) is 26.9. The number of rotatable bonds is 19. The van der Waals surface area contributed by atoms with Crippen molar-refractivity contribution in [3.63, 3.8) is 0 Å². The summed E-state index contributed by atoms with van der Waals surface area (Å²) in [5.74, 6) is 0.0160. The summed E-state index contributed by atoms with van der Waals surface area (Å²) >= 11 is 0. The number of hydrogen-bond donors (Lipinski definition) is 0. The minimum absolute atomic E-state index is 0.113. The number of nitro groups is 1. The number of nitro benzene ring substituents is 1. The number of benzene rings is 1. The van der Waals surface area contributed by atoms with Gasteiger partial charge in [0, 0.05) is 11.6 Å². The Kier molecular flexibility index (Phi) is 15.3. The van der Waals surface area contributed by atoms with Crippen LogP contribution in [0.3, 0.4) is 0 Å². The number of nitrogens with zero attached hydrogens (tertiary/aromatic N) is 1. The SMILES string of the molecule is CCCCCCCCCCCCCCCc1cc(OCC(=O)OCC)ccc1[N+](=O)[O-]. The lowest BCUT2D eigenvalue weighted by atomic mass is 10.0. The fourth-order valence-electron chi connectivity index (χ4n) is 3.71. The molecule has 0 aliphatic carbocycles. The van der Waals surface area contributed by atoms with E-state index in [1.54, 1.807) is 13.0 Å². The minimum Gasteiger partial charge on any atom is -0.482 e. The third kappa shape index (κ3) is 13.0. The summed E-state index contributed by atoms with van der Waals surface area (Å²) in [7, 11) is 0. The largest absolute Gasteiger partial charge is 0.482 e. The Bertz CT molecular complexity index is 632. The molecule has 0 aromatic heterocycles. The van der Waals surface area contributed by atoms with Crippen molar-refractivity contribution in [1.82, 2.24) is 0 Å². The van der Waals surface area contributed by atoms with Crippen molar-refractivity contribution in [3.05, 3.63) is 33.9 Å². The predicted octanol–water partition coefficient (Wildman–Crippen LogP) is 7.17. The van der Waals surface area contributed by atoms with Gasteiger partial charge >= 0.3 is 5.97 Å². The highest BCUT2D eigenvalue weighted by atomic mass is 16.6. The fourth-order valence-corrected chi connectivity index (χ4v) is 3.71. The molecule has 1 aromatic carbocycles. The molecular weight excluding hydrogens is 394 g/mol. The third-order valence-corrected chi connectivity index (χ3v) is 5.46. The maximum absolute atomic E-state index is 11.4. The van der Waals surface area contributed by atoms with Crippen LogP contribution in [-0.2, 0) is 16.0 Å². The molecule has 0 radical (unpaired) electrons. The van der Waals surface area contributed by atoms with Gasteiger partial charge in [-0.25, -0.2) is 4.79 Å². The molecule has 0 atom stereocenters.